The zero-order valence-electron chi connectivity index (χ0n) is 14.8. The number of rotatable bonds is 4. The number of nitrogens with zero attached hydrogens (tertiary/aromatic N) is 2. The van der Waals surface area contributed by atoms with E-state index >= 15 is 0 Å². The first kappa shape index (κ1) is 16.3. The molecule has 25 heavy (non-hydrogen) atoms. The fraction of sp³-hybridized carbons (Fsp3) is 0.500. The van der Waals surface area contributed by atoms with Crippen molar-refractivity contribution in [3.8, 4) is 0 Å². The fourth-order valence-electron chi connectivity index (χ4n) is 4.04. The molecular weight excluding hydrogens is 314 g/mol. The first-order chi connectivity index (χ1) is 12.2. The van der Waals surface area contributed by atoms with E-state index in [2.05, 4.69) is 16.5 Å². The van der Waals surface area contributed by atoms with Crippen LogP contribution in [0.3, 0.4) is 0 Å². The Bertz CT molecular complexity index is 762. The van der Waals surface area contributed by atoms with Crippen LogP contribution < -0.4 is 5.32 Å². The molecule has 1 aliphatic carbocycles. The number of nitrogens with one attached hydrogen (secondary N) is 1. The lowest BCUT2D eigenvalue weighted by Crippen LogP contribution is -2.28. The van der Waals surface area contributed by atoms with Gasteiger partial charge in [0, 0.05) is 31.1 Å². The van der Waals surface area contributed by atoms with Crippen LogP contribution >= 0.6 is 0 Å². The quantitative estimate of drug-likeness (QED) is 0.930. The van der Waals surface area contributed by atoms with E-state index in [9.17, 15) is 4.79 Å². The van der Waals surface area contributed by atoms with Gasteiger partial charge in [-0.05, 0) is 49.8 Å². The van der Waals surface area contributed by atoms with Gasteiger partial charge in [0.2, 0.25) is 0 Å². The average molecular weight is 339 g/mol. The molecule has 4 rings (SSSR count). The molecule has 0 radical (unpaired) electrons. The summed E-state index contributed by atoms with van der Waals surface area (Å²) >= 11 is 0. The minimum absolute atomic E-state index is 0.0649. The monoisotopic (exact) mass is 339 g/mol. The van der Waals surface area contributed by atoms with Crippen molar-refractivity contribution in [1.29, 1.82) is 0 Å². The standard InChI is InChI=1S/C20H25N3O2/c1-23(13-18-17-8-4-5-9-19(17)25-22-18)20(24)16-7-3-2-6-15(16)14-10-11-21-12-14/h2-3,6-7,14,21H,4-5,8-13H2,1H3. The molecule has 1 unspecified atom stereocenters. The maximum absolute atomic E-state index is 13.1. The Morgan fingerprint density at radius 3 is 3.00 bits per heavy atom. The van der Waals surface area contributed by atoms with Gasteiger partial charge in [0.05, 0.1) is 6.54 Å². The zero-order chi connectivity index (χ0) is 17.2. The van der Waals surface area contributed by atoms with Crippen LogP contribution in [0.2, 0.25) is 0 Å². The molecule has 1 atom stereocenters. The second-order valence-corrected chi connectivity index (χ2v) is 7.18. The summed E-state index contributed by atoms with van der Waals surface area (Å²) in [6.45, 7) is 2.48. The first-order valence-electron chi connectivity index (χ1n) is 9.25. The van der Waals surface area contributed by atoms with Gasteiger partial charge in [-0.25, -0.2) is 0 Å². The van der Waals surface area contributed by atoms with Crippen molar-refractivity contribution in [3.63, 3.8) is 0 Å². The lowest BCUT2D eigenvalue weighted by Gasteiger charge is -2.21. The van der Waals surface area contributed by atoms with Crippen molar-refractivity contribution in [3.05, 3.63) is 52.4 Å². The smallest absolute Gasteiger partial charge is 0.254 e. The number of hydrogen-bond donors (Lipinski definition) is 1. The molecule has 1 saturated heterocycles. The highest BCUT2D eigenvalue weighted by molar-refractivity contribution is 5.95. The third-order valence-corrected chi connectivity index (χ3v) is 5.46. The predicted octanol–water partition coefficient (Wildman–Crippen LogP) is 2.90. The van der Waals surface area contributed by atoms with Gasteiger partial charge in [-0.1, -0.05) is 23.4 Å². The zero-order valence-corrected chi connectivity index (χ0v) is 14.8. The Morgan fingerprint density at radius 1 is 1.32 bits per heavy atom. The number of hydrogen-bond acceptors (Lipinski definition) is 4. The van der Waals surface area contributed by atoms with Gasteiger partial charge in [-0.3, -0.25) is 4.79 Å². The molecule has 1 N–H and O–H groups in total. The average Bonchev–Trinajstić information content (AvgIpc) is 3.32. The number of amides is 1. The number of fused-ring (bicyclic) bond motifs is 1. The van der Waals surface area contributed by atoms with E-state index < -0.39 is 0 Å². The Morgan fingerprint density at radius 2 is 2.16 bits per heavy atom. The molecule has 1 aliphatic heterocycles. The Hall–Kier alpha value is -2.14. The van der Waals surface area contributed by atoms with Gasteiger partial charge < -0.3 is 14.7 Å². The molecule has 1 amide bonds. The first-order valence-corrected chi connectivity index (χ1v) is 9.25. The molecule has 0 saturated carbocycles. The second kappa shape index (κ2) is 7.00. The summed E-state index contributed by atoms with van der Waals surface area (Å²) in [6.07, 6.45) is 5.42. The van der Waals surface area contributed by atoms with Crippen molar-refractivity contribution in [2.24, 2.45) is 0 Å². The van der Waals surface area contributed by atoms with Crippen LogP contribution in [0.1, 0.15) is 58.1 Å². The normalized spacial score (nSPS) is 19.6. The molecule has 132 valence electrons. The Balaban J connectivity index is 1.54. The molecule has 5 heteroatoms. The van der Waals surface area contributed by atoms with E-state index in [0.29, 0.717) is 12.5 Å². The number of aryl methyl sites for hydroxylation is 1. The number of carbonyl (C=O) groups is 1. The van der Waals surface area contributed by atoms with E-state index in [4.69, 9.17) is 4.52 Å². The third kappa shape index (κ3) is 3.21. The number of carbonyl (C=O) groups excluding carboxylic acids is 1. The van der Waals surface area contributed by atoms with Gasteiger partial charge in [-0.15, -0.1) is 0 Å². The summed E-state index contributed by atoms with van der Waals surface area (Å²) in [5.74, 6) is 1.50. The molecule has 1 fully saturated rings. The van der Waals surface area contributed by atoms with Gasteiger partial charge in [0.25, 0.3) is 5.91 Å². The molecular formula is C20H25N3O2. The van der Waals surface area contributed by atoms with Crippen LogP contribution in [0.5, 0.6) is 0 Å². The number of aromatic nitrogens is 1. The van der Waals surface area contributed by atoms with Crippen LogP contribution in [0.4, 0.5) is 0 Å². The largest absolute Gasteiger partial charge is 0.361 e. The van der Waals surface area contributed by atoms with E-state index in [1.54, 1.807) is 4.90 Å². The van der Waals surface area contributed by atoms with Gasteiger partial charge in [0.1, 0.15) is 11.5 Å². The summed E-state index contributed by atoms with van der Waals surface area (Å²) in [4.78, 5) is 14.8. The highest BCUT2D eigenvalue weighted by Crippen LogP contribution is 2.28. The topological polar surface area (TPSA) is 58.4 Å². The van der Waals surface area contributed by atoms with E-state index in [1.165, 1.54) is 18.4 Å². The van der Waals surface area contributed by atoms with Crippen LogP contribution in [-0.4, -0.2) is 36.1 Å². The van der Waals surface area contributed by atoms with Gasteiger partial charge >= 0.3 is 0 Å². The summed E-state index contributed by atoms with van der Waals surface area (Å²) in [7, 11) is 1.86. The Kier molecular flexibility index (Phi) is 4.57. The second-order valence-electron chi connectivity index (χ2n) is 7.18. The summed E-state index contributed by atoms with van der Waals surface area (Å²) in [5.41, 5.74) is 4.12. The highest BCUT2D eigenvalue weighted by Gasteiger charge is 2.25. The molecule has 2 aliphatic rings. The van der Waals surface area contributed by atoms with Gasteiger partial charge in [0.15, 0.2) is 0 Å². The maximum atomic E-state index is 13.1. The minimum Gasteiger partial charge on any atom is -0.361 e. The van der Waals surface area contributed by atoms with Crippen molar-refractivity contribution in [2.75, 3.05) is 20.1 Å². The predicted molar refractivity (Wildman–Crippen MR) is 95.6 cm³/mol. The third-order valence-electron chi connectivity index (χ3n) is 5.46. The lowest BCUT2D eigenvalue weighted by molar-refractivity contribution is 0.0780. The SMILES string of the molecule is CN(Cc1noc2c1CCCC2)C(=O)c1ccccc1C1CCNC1. The highest BCUT2D eigenvalue weighted by atomic mass is 16.5. The van der Waals surface area contributed by atoms with Crippen molar-refractivity contribution >= 4 is 5.91 Å². The van der Waals surface area contributed by atoms with Crippen molar-refractivity contribution in [2.45, 2.75) is 44.6 Å². The molecule has 2 heterocycles. The Labute approximate surface area is 148 Å². The van der Waals surface area contributed by atoms with Crippen LogP contribution in [0, 0.1) is 0 Å². The van der Waals surface area contributed by atoms with E-state index in [0.717, 1.165) is 54.9 Å². The fourth-order valence-corrected chi connectivity index (χ4v) is 4.04. The molecule has 1 aromatic carbocycles. The summed E-state index contributed by atoms with van der Waals surface area (Å²) in [5, 5.41) is 7.62. The van der Waals surface area contributed by atoms with Crippen molar-refractivity contribution < 1.29 is 9.32 Å². The molecule has 1 aromatic heterocycles. The summed E-state index contributed by atoms with van der Waals surface area (Å²) in [6, 6.07) is 8.02. The van der Waals surface area contributed by atoms with E-state index in [-0.39, 0.29) is 5.91 Å². The molecule has 2 aromatic rings. The van der Waals surface area contributed by atoms with Crippen LogP contribution in [0.15, 0.2) is 28.8 Å². The summed E-state index contributed by atoms with van der Waals surface area (Å²) < 4.78 is 5.48. The maximum Gasteiger partial charge on any atom is 0.254 e. The number of benzene rings is 1. The van der Waals surface area contributed by atoms with E-state index in [1.807, 2.05) is 25.2 Å². The van der Waals surface area contributed by atoms with Gasteiger partial charge in [-0.2, -0.15) is 0 Å². The van der Waals surface area contributed by atoms with Crippen LogP contribution in [-0.2, 0) is 19.4 Å². The molecule has 0 bridgehead atoms. The molecule has 0 spiro atoms. The lowest BCUT2D eigenvalue weighted by atomic mass is 9.92. The molecule has 5 nitrogen and oxygen atoms in total. The minimum atomic E-state index is 0.0649. The van der Waals surface area contributed by atoms with Crippen molar-refractivity contribution in [1.82, 2.24) is 15.4 Å². The van der Waals surface area contributed by atoms with Crippen LogP contribution in [0.25, 0.3) is 0 Å².